The van der Waals surface area contributed by atoms with Crippen molar-refractivity contribution in [3.05, 3.63) is 0 Å². The summed E-state index contributed by atoms with van der Waals surface area (Å²) in [5.41, 5.74) is 0.231. The fourth-order valence-corrected chi connectivity index (χ4v) is 2.05. The summed E-state index contributed by atoms with van der Waals surface area (Å²) in [6.07, 6.45) is 6.20. The Bertz CT molecular complexity index is 119. The summed E-state index contributed by atoms with van der Waals surface area (Å²) in [5, 5.41) is 12.7. The minimum absolute atomic E-state index is 0.231. The molecule has 1 aliphatic carbocycles. The van der Waals surface area contributed by atoms with E-state index in [0.29, 0.717) is 6.61 Å². The molecule has 1 fully saturated rings. The molecule has 0 atom stereocenters. The van der Waals surface area contributed by atoms with Crippen molar-refractivity contribution in [3.63, 3.8) is 0 Å². The average Bonchev–Trinajstić information content (AvgIpc) is 2.55. The average molecular weight is 171 g/mol. The molecule has 1 rings (SSSR count). The topological polar surface area (TPSA) is 32.3 Å². The fraction of sp³-hybridized carbons (Fsp3) is 1.00. The van der Waals surface area contributed by atoms with Gasteiger partial charge in [-0.25, -0.2) is 0 Å². The maximum Gasteiger partial charge on any atom is 0.0499 e. The molecule has 1 aliphatic rings. The maximum atomic E-state index is 9.28. The van der Waals surface area contributed by atoms with Crippen LogP contribution in [0.4, 0.5) is 0 Å². The number of aliphatic hydroxyl groups is 1. The van der Waals surface area contributed by atoms with Crippen molar-refractivity contribution in [1.82, 2.24) is 5.32 Å². The van der Waals surface area contributed by atoms with Gasteiger partial charge in [-0.2, -0.15) is 0 Å². The standard InChI is InChI=1S/C10H21NO/c1-2-7-11-8-10(9-12)5-3-4-6-10/h11-12H,2-9H2,1H3. The van der Waals surface area contributed by atoms with E-state index in [4.69, 9.17) is 0 Å². The molecular weight excluding hydrogens is 150 g/mol. The predicted molar refractivity (Wildman–Crippen MR) is 51.1 cm³/mol. The molecule has 2 N–H and O–H groups in total. The van der Waals surface area contributed by atoms with Crippen molar-refractivity contribution in [2.45, 2.75) is 39.0 Å². The first-order valence-corrected chi connectivity index (χ1v) is 5.14. The van der Waals surface area contributed by atoms with Crippen molar-refractivity contribution >= 4 is 0 Å². The summed E-state index contributed by atoms with van der Waals surface area (Å²) in [6.45, 7) is 4.63. The van der Waals surface area contributed by atoms with E-state index >= 15 is 0 Å². The van der Waals surface area contributed by atoms with Crippen LogP contribution in [-0.4, -0.2) is 24.8 Å². The molecule has 1 saturated carbocycles. The highest BCUT2D eigenvalue weighted by atomic mass is 16.3. The second-order valence-electron chi connectivity index (χ2n) is 4.04. The molecule has 0 aliphatic heterocycles. The van der Waals surface area contributed by atoms with Crippen molar-refractivity contribution in [3.8, 4) is 0 Å². The Morgan fingerprint density at radius 1 is 1.33 bits per heavy atom. The first kappa shape index (κ1) is 10.0. The molecule has 0 saturated heterocycles. The summed E-state index contributed by atoms with van der Waals surface area (Å²) in [5.74, 6) is 0. The van der Waals surface area contributed by atoms with Crippen LogP contribution in [0.1, 0.15) is 39.0 Å². The van der Waals surface area contributed by atoms with Gasteiger partial charge in [-0.1, -0.05) is 19.8 Å². The van der Waals surface area contributed by atoms with Crippen LogP contribution in [0.15, 0.2) is 0 Å². The molecule has 0 radical (unpaired) electrons. The highest BCUT2D eigenvalue weighted by Crippen LogP contribution is 2.36. The minimum atomic E-state index is 0.231. The van der Waals surface area contributed by atoms with Gasteiger partial charge in [0.2, 0.25) is 0 Å². The van der Waals surface area contributed by atoms with Gasteiger partial charge in [0.1, 0.15) is 0 Å². The number of hydrogen-bond acceptors (Lipinski definition) is 2. The van der Waals surface area contributed by atoms with E-state index in [-0.39, 0.29) is 5.41 Å². The maximum absolute atomic E-state index is 9.28. The van der Waals surface area contributed by atoms with Gasteiger partial charge in [0.25, 0.3) is 0 Å². The first-order chi connectivity index (χ1) is 5.83. The molecule has 0 aromatic rings. The zero-order chi connectivity index (χ0) is 8.86. The lowest BCUT2D eigenvalue weighted by Gasteiger charge is -2.26. The zero-order valence-electron chi connectivity index (χ0n) is 8.10. The van der Waals surface area contributed by atoms with Gasteiger partial charge in [-0.3, -0.25) is 0 Å². The quantitative estimate of drug-likeness (QED) is 0.615. The van der Waals surface area contributed by atoms with Gasteiger partial charge in [0.05, 0.1) is 0 Å². The summed E-state index contributed by atoms with van der Waals surface area (Å²) < 4.78 is 0. The molecule has 2 heteroatoms. The van der Waals surface area contributed by atoms with E-state index in [1.54, 1.807) is 0 Å². The van der Waals surface area contributed by atoms with Crippen molar-refractivity contribution in [1.29, 1.82) is 0 Å². The summed E-state index contributed by atoms with van der Waals surface area (Å²) in [4.78, 5) is 0. The van der Waals surface area contributed by atoms with Gasteiger partial charge in [0, 0.05) is 18.6 Å². The summed E-state index contributed by atoms with van der Waals surface area (Å²) in [6, 6.07) is 0. The molecule has 2 nitrogen and oxygen atoms in total. The molecule has 0 bridgehead atoms. The van der Waals surface area contributed by atoms with E-state index in [2.05, 4.69) is 12.2 Å². The molecule has 0 heterocycles. The lowest BCUT2D eigenvalue weighted by Crippen LogP contribution is -2.35. The number of rotatable bonds is 5. The Morgan fingerprint density at radius 3 is 2.50 bits per heavy atom. The highest BCUT2D eigenvalue weighted by molar-refractivity contribution is 4.85. The normalized spacial score (nSPS) is 21.5. The van der Waals surface area contributed by atoms with Crippen molar-refractivity contribution in [2.75, 3.05) is 19.7 Å². The van der Waals surface area contributed by atoms with Crippen LogP contribution < -0.4 is 5.32 Å². The largest absolute Gasteiger partial charge is 0.396 e. The van der Waals surface area contributed by atoms with Crippen LogP contribution in [0.5, 0.6) is 0 Å². The van der Waals surface area contributed by atoms with Crippen LogP contribution in [0.25, 0.3) is 0 Å². The van der Waals surface area contributed by atoms with Crippen LogP contribution in [0, 0.1) is 5.41 Å². The Labute approximate surface area is 75.4 Å². The van der Waals surface area contributed by atoms with E-state index in [0.717, 1.165) is 13.1 Å². The highest BCUT2D eigenvalue weighted by Gasteiger charge is 2.32. The van der Waals surface area contributed by atoms with Crippen LogP contribution in [0.3, 0.4) is 0 Å². The van der Waals surface area contributed by atoms with E-state index in [1.807, 2.05) is 0 Å². The third-order valence-electron chi connectivity index (χ3n) is 2.93. The number of hydrogen-bond donors (Lipinski definition) is 2. The number of aliphatic hydroxyl groups excluding tert-OH is 1. The zero-order valence-corrected chi connectivity index (χ0v) is 8.10. The smallest absolute Gasteiger partial charge is 0.0499 e. The fourth-order valence-electron chi connectivity index (χ4n) is 2.05. The lowest BCUT2D eigenvalue weighted by molar-refractivity contribution is 0.128. The Morgan fingerprint density at radius 2 is 2.00 bits per heavy atom. The molecule has 0 spiro atoms. The molecule has 0 aromatic carbocycles. The Kier molecular flexibility index (Phi) is 4.02. The van der Waals surface area contributed by atoms with Gasteiger partial charge >= 0.3 is 0 Å². The van der Waals surface area contributed by atoms with E-state index in [9.17, 15) is 5.11 Å². The molecule has 0 amide bonds. The van der Waals surface area contributed by atoms with Crippen molar-refractivity contribution < 1.29 is 5.11 Å². The lowest BCUT2D eigenvalue weighted by atomic mass is 9.87. The molecule has 0 unspecified atom stereocenters. The monoisotopic (exact) mass is 171 g/mol. The van der Waals surface area contributed by atoms with Crippen LogP contribution >= 0.6 is 0 Å². The Balaban J connectivity index is 2.24. The van der Waals surface area contributed by atoms with Gasteiger partial charge in [-0.05, 0) is 25.8 Å². The van der Waals surface area contributed by atoms with E-state index in [1.165, 1.54) is 32.1 Å². The SMILES string of the molecule is CCCNCC1(CO)CCCC1. The minimum Gasteiger partial charge on any atom is -0.396 e. The van der Waals surface area contributed by atoms with Gasteiger partial charge < -0.3 is 10.4 Å². The third-order valence-corrected chi connectivity index (χ3v) is 2.93. The first-order valence-electron chi connectivity index (χ1n) is 5.14. The summed E-state index contributed by atoms with van der Waals surface area (Å²) >= 11 is 0. The van der Waals surface area contributed by atoms with Gasteiger partial charge in [0.15, 0.2) is 0 Å². The molecule has 72 valence electrons. The van der Waals surface area contributed by atoms with Gasteiger partial charge in [-0.15, -0.1) is 0 Å². The second kappa shape index (κ2) is 4.83. The van der Waals surface area contributed by atoms with E-state index < -0.39 is 0 Å². The predicted octanol–water partition coefficient (Wildman–Crippen LogP) is 1.54. The van der Waals surface area contributed by atoms with Crippen LogP contribution in [-0.2, 0) is 0 Å². The van der Waals surface area contributed by atoms with Crippen LogP contribution in [0.2, 0.25) is 0 Å². The second-order valence-corrected chi connectivity index (χ2v) is 4.04. The third kappa shape index (κ3) is 2.46. The van der Waals surface area contributed by atoms with Crippen molar-refractivity contribution in [2.24, 2.45) is 5.41 Å². The molecule has 12 heavy (non-hydrogen) atoms. The summed E-state index contributed by atoms with van der Waals surface area (Å²) in [7, 11) is 0. The molecular formula is C10H21NO. The number of nitrogens with one attached hydrogen (secondary N) is 1. The molecule has 0 aromatic heterocycles. The Hall–Kier alpha value is -0.0800.